The van der Waals surface area contributed by atoms with E-state index in [1.54, 1.807) is 36.5 Å². The highest BCUT2D eigenvalue weighted by atomic mass is 32.1. The van der Waals surface area contributed by atoms with E-state index in [2.05, 4.69) is 23.8 Å². The minimum Gasteiger partial charge on any atom is -0.491 e. The summed E-state index contributed by atoms with van der Waals surface area (Å²) in [4.78, 5) is 26.1. The first kappa shape index (κ1) is 24.9. The first-order valence-corrected chi connectivity index (χ1v) is 11.1. The molecule has 2 N–H and O–H groups in total. The van der Waals surface area contributed by atoms with E-state index >= 15 is 0 Å². The van der Waals surface area contributed by atoms with Crippen molar-refractivity contribution in [3.05, 3.63) is 77.6 Å². The van der Waals surface area contributed by atoms with Crippen LogP contribution in [0.2, 0.25) is 0 Å². The molecule has 186 valence electrons. The van der Waals surface area contributed by atoms with Crippen molar-refractivity contribution in [1.29, 1.82) is 0 Å². The number of ether oxygens (including phenoxy) is 2. The van der Waals surface area contributed by atoms with Gasteiger partial charge in [0.25, 0.3) is 12.4 Å². The van der Waals surface area contributed by atoms with Crippen LogP contribution >= 0.6 is 11.7 Å². The minimum absolute atomic E-state index is 0.250. The number of carbonyl (C=O) groups excluding carboxylic acids is 1. The molecule has 2 aromatic heterocycles. The Bertz CT molecular complexity index is 1380. The summed E-state index contributed by atoms with van der Waals surface area (Å²) < 4.78 is 55.8. The van der Waals surface area contributed by atoms with Gasteiger partial charge in [0.1, 0.15) is 33.8 Å². The number of amides is 1. The fraction of sp³-hybridized carbons (Fsp3) is 0.174. The second-order valence-corrected chi connectivity index (χ2v) is 7.98. The molecule has 9 nitrogen and oxygen atoms in total. The number of alkyl halides is 3. The lowest BCUT2D eigenvalue weighted by Gasteiger charge is -2.39. The lowest BCUT2D eigenvalue weighted by molar-refractivity contribution is -0.274. The van der Waals surface area contributed by atoms with Crippen LogP contribution < -0.4 is 14.8 Å². The molecule has 0 saturated heterocycles. The number of pyridine rings is 1. The maximum atomic E-state index is 13.3. The van der Waals surface area contributed by atoms with Crippen LogP contribution in [-0.2, 0) is 10.3 Å². The van der Waals surface area contributed by atoms with Gasteiger partial charge in [0.05, 0.1) is 18.3 Å². The molecule has 0 spiro atoms. The molecule has 0 saturated carbocycles. The zero-order valence-corrected chi connectivity index (χ0v) is 19.0. The number of hydrogen-bond acceptors (Lipinski definition) is 8. The maximum absolute atomic E-state index is 13.3. The lowest BCUT2D eigenvalue weighted by Crippen LogP contribution is -2.50. The van der Waals surface area contributed by atoms with E-state index in [0.717, 1.165) is 11.7 Å². The third-order valence-corrected chi connectivity index (χ3v) is 5.89. The summed E-state index contributed by atoms with van der Waals surface area (Å²) in [5.74, 6) is -0.264. The van der Waals surface area contributed by atoms with Crippen LogP contribution in [-0.4, -0.2) is 44.2 Å². The average molecular weight is 518 g/mol. The van der Waals surface area contributed by atoms with E-state index in [0.29, 0.717) is 40.0 Å². The van der Waals surface area contributed by atoms with E-state index in [-0.39, 0.29) is 24.7 Å². The Kier molecular flexibility index (Phi) is 7.01. The normalized spacial score (nSPS) is 16.6. The molecule has 5 rings (SSSR count). The van der Waals surface area contributed by atoms with E-state index in [1.807, 2.05) is 0 Å². The number of fused-ring (bicyclic) bond motifs is 2. The molecular formula is C23H17F3N4O5S. The zero-order chi connectivity index (χ0) is 25.8. The first-order chi connectivity index (χ1) is 17.3. The van der Waals surface area contributed by atoms with Gasteiger partial charge in [0.15, 0.2) is 0 Å². The van der Waals surface area contributed by atoms with Crippen molar-refractivity contribution in [2.24, 2.45) is 0 Å². The monoisotopic (exact) mass is 518 g/mol. The second-order valence-electron chi connectivity index (χ2n) is 7.45. The Hall–Kier alpha value is -4.26. The Morgan fingerprint density at radius 3 is 2.58 bits per heavy atom. The van der Waals surface area contributed by atoms with Crippen LogP contribution in [0, 0.1) is 0 Å². The van der Waals surface area contributed by atoms with Crippen molar-refractivity contribution in [2.45, 2.75) is 18.3 Å². The molecule has 1 aliphatic heterocycles. The van der Waals surface area contributed by atoms with Crippen LogP contribution in [0.4, 0.5) is 13.2 Å². The molecule has 0 aliphatic carbocycles. The highest BCUT2D eigenvalue weighted by Crippen LogP contribution is 2.41. The minimum atomic E-state index is -4.80. The highest BCUT2D eigenvalue weighted by Gasteiger charge is 2.43. The Labute approximate surface area is 205 Å². The van der Waals surface area contributed by atoms with Crippen molar-refractivity contribution in [1.82, 2.24) is 19.0 Å². The summed E-state index contributed by atoms with van der Waals surface area (Å²) in [5.41, 5.74) is 1.54. The van der Waals surface area contributed by atoms with Gasteiger partial charge in [-0.15, -0.1) is 13.2 Å². The molecule has 0 radical (unpaired) electrons. The maximum Gasteiger partial charge on any atom is 0.573 e. The van der Waals surface area contributed by atoms with Gasteiger partial charge < -0.3 is 19.9 Å². The van der Waals surface area contributed by atoms with Crippen molar-refractivity contribution in [3.8, 4) is 11.5 Å². The Morgan fingerprint density at radius 2 is 1.86 bits per heavy atom. The number of carboxylic acid groups (broad SMARTS) is 1. The van der Waals surface area contributed by atoms with Gasteiger partial charge in [0.2, 0.25) is 0 Å². The molecular weight excluding hydrogens is 501 g/mol. The zero-order valence-electron chi connectivity index (χ0n) is 18.2. The topological polar surface area (TPSA) is 124 Å². The predicted octanol–water partition coefficient (Wildman–Crippen LogP) is 4.14. The summed E-state index contributed by atoms with van der Waals surface area (Å²) in [6.45, 7) is 0.0226. The fourth-order valence-electron chi connectivity index (χ4n) is 3.87. The third-order valence-electron chi connectivity index (χ3n) is 5.33. The van der Waals surface area contributed by atoms with Crippen molar-refractivity contribution < 1.29 is 37.3 Å². The van der Waals surface area contributed by atoms with E-state index < -0.39 is 11.9 Å². The number of nitrogens with one attached hydrogen (secondary N) is 1. The number of carbonyl (C=O) groups is 2. The fourth-order valence-corrected chi connectivity index (χ4v) is 4.38. The van der Waals surface area contributed by atoms with E-state index in [4.69, 9.17) is 14.6 Å². The summed E-state index contributed by atoms with van der Waals surface area (Å²) >= 11 is 1.05. The van der Waals surface area contributed by atoms with Crippen LogP contribution in [0.1, 0.15) is 28.0 Å². The standard InChI is InChI=1S/C22H15F3N4O3S.CH2O2/c23-22(24,25)32-15-6-4-14(5-7-15)21(9-11-31-18-2-1-10-26-19(18)21)27-20(30)13-3-8-16-17(12-13)29-33-28-16;2-1-3/h1-8,10,12H,9,11H2,(H,27,30);1H,(H,2,3)/t21-;/m0./s1. The molecule has 1 aliphatic rings. The SMILES string of the molecule is O=C(N[C@]1(c2ccc(OC(F)(F)F)cc2)CCOc2cccnc21)c1ccc2nsnc2c1.O=CO. The van der Waals surface area contributed by atoms with Crippen LogP contribution in [0.15, 0.2) is 60.8 Å². The highest BCUT2D eigenvalue weighted by molar-refractivity contribution is 7.00. The molecule has 3 heterocycles. The quantitative estimate of drug-likeness (QED) is 0.387. The molecule has 4 aromatic rings. The predicted molar refractivity (Wildman–Crippen MR) is 122 cm³/mol. The summed E-state index contributed by atoms with van der Waals surface area (Å²) in [6, 6.07) is 13.8. The van der Waals surface area contributed by atoms with Gasteiger partial charge in [-0.2, -0.15) is 8.75 Å². The Morgan fingerprint density at radius 1 is 1.14 bits per heavy atom. The molecule has 1 amide bonds. The van der Waals surface area contributed by atoms with E-state index in [1.165, 1.54) is 24.3 Å². The van der Waals surface area contributed by atoms with Gasteiger partial charge >= 0.3 is 6.36 Å². The van der Waals surface area contributed by atoms with Gasteiger partial charge in [-0.3, -0.25) is 14.6 Å². The number of nitrogens with zero attached hydrogens (tertiary/aromatic N) is 3. The number of halogens is 3. The number of benzene rings is 2. The molecule has 1 atom stereocenters. The first-order valence-electron chi connectivity index (χ1n) is 10.3. The summed E-state index contributed by atoms with van der Waals surface area (Å²) in [5, 5.41) is 9.95. The van der Waals surface area contributed by atoms with Crippen LogP contribution in [0.5, 0.6) is 11.5 Å². The Balaban J connectivity index is 0.000000967. The van der Waals surface area contributed by atoms with E-state index in [9.17, 15) is 18.0 Å². The molecule has 13 heteroatoms. The largest absolute Gasteiger partial charge is 0.573 e. The second kappa shape index (κ2) is 10.2. The smallest absolute Gasteiger partial charge is 0.491 e. The molecule has 0 unspecified atom stereocenters. The lowest BCUT2D eigenvalue weighted by atomic mass is 9.81. The van der Waals surface area contributed by atoms with Crippen LogP contribution in [0.25, 0.3) is 11.0 Å². The number of hydrogen-bond donors (Lipinski definition) is 2. The van der Waals surface area contributed by atoms with Crippen molar-refractivity contribution in [3.63, 3.8) is 0 Å². The van der Waals surface area contributed by atoms with Gasteiger partial charge in [-0.1, -0.05) is 12.1 Å². The molecule has 36 heavy (non-hydrogen) atoms. The summed E-state index contributed by atoms with van der Waals surface area (Å²) in [6.07, 6.45) is -2.91. The number of aromatic nitrogens is 3. The molecule has 2 aromatic carbocycles. The summed E-state index contributed by atoms with van der Waals surface area (Å²) in [7, 11) is 0. The van der Waals surface area contributed by atoms with Gasteiger partial charge in [-0.25, -0.2) is 0 Å². The number of rotatable bonds is 4. The average Bonchev–Trinajstić information content (AvgIpc) is 3.32. The van der Waals surface area contributed by atoms with Crippen LogP contribution in [0.3, 0.4) is 0 Å². The van der Waals surface area contributed by atoms with Gasteiger partial charge in [0, 0.05) is 18.2 Å². The third kappa shape index (κ3) is 5.20. The van der Waals surface area contributed by atoms with Gasteiger partial charge in [-0.05, 0) is 48.0 Å². The van der Waals surface area contributed by atoms with Crippen molar-refractivity contribution in [2.75, 3.05) is 6.61 Å². The molecule has 0 bridgehead atoms. The molecule has 0 fully saturated rings. The van der Waals surface area contributed by atoms with Crippen molar-refractivity contribution >= 4 is 35.1 Å².